The van der Waals surface area contributed by atoms with Crippen LogP contribution in [0.2, 0.25) is 0 Å². The van der Waals surface area contributed by atoms with Gasteiger partial charge in [-0.1, -0.05) is 24.3 Å². The summed E-state index contributed by atoms with van der Waals surface area (Å²) < 4.78 is 1.23. The predicted octanol–water partition coefficient (Wildman–Crippen LogP) is 3.38. The Hall–Kier alpha value is -2.05. The molecular formula is C21H23N3O2S. The van der Waals surface area contributed by atoms with Gasteiger partial charge in [0.15, 0.2) is 0 Å². The van der Waals surface area contributed by atoms with E-state index in [2.05, 4.69) is 23.1 Å². The standard InChI is InChI=1S/C21H23N3O2S/c25-20-15-7-1-2-8-16(15)21(26)24(20)13-23-11-5-6-14(12-23)19-22-17-9-3-4-10-18(17)27-19/h1-4,9-10,14-16H,5-8,11-13H2/t14-,15-,16+/m1/s1. The number of imide groups is 1. The second-order valence-corrected chi connectivity index (χ2v) is 8.90. The summed E-state index contributed by atoms with van der Waals surface area (Å²) in [5.74, 6) is 0.167. The summed E-state index contributed by atoms with van der Waals surface area (Å²) in [7, 11) is 0. The molecule has 1 aliphatic carbocycles. The fourth-order valence-corrected chi connectivity index (χ4v) is 5.75. The molecule has 3 atom stereocenters. The number of benzene rings is 1. The molecule has 140 valence electrons. The second-order valence-electron chi connectivity index (χ2n) is 7.84. The summed E-state index contributed by atoms with van der Waals surface area (Å²) in [4.78, 5) is 34.1. The van der Waals surface area contributed by atoms with Gasteiger partial charge in [0.1, 0.15) is 0 Å². The lowest BCUT2D eigenvalue weighted by Crippen LogP contribution is -2.45. The highest BCUT2D eigenvalue weighted by molar-refractivity contribution is 7.18. The van der Waals surface area contributed by atoms with Crippen molar-refractivity contribution in [1.82, 2.24) is 14.8 Å². The molecule has 3 heterocycles. The van der Waals surface area contributed by atoms with Crippen LogP contribution < -0.4 is 0 Å². The molecular weight excluding hydrogens is 358 g/mol. The quantitative estimate of drug-likeness (QED) is 0.604. The van der Waals surface area contributed by atoms with Gasteiger partial charge in [0.2, 0.25) is 11.8 Å². The van der Waals surface area contributed by atoms with E-state index in [4.69, 9.17) is 4.98 Å². The summed E-state index contributed by atoms with van der Waals surface area (Å²) in [6.45, 7) is 2.24. The highest BCUT2D eigenvalue weighted by Crippen LogP contribution is 2.36. The van der Waals surface area contributed by atoms with Gasteiger partial charge in [-0.25, -0.2) is 4.98 Å². The first kappa shape index (κ1) is 17.1. The highest BCUT2D eigenvalue weighted by Gasteiger charge is 2.47. The number of rotatable bonds is 3. The average molecular weight is 382 g/mol. The van der Waals surface area contributed by atoms with Crippen molar-refractivity contribution in [3.63, 3.8) is 0 Å². The maximum absolute atomic E-state index is 12.7. The van der Waals surface area contributed by atoms with Crippen molar-refractivity contribution in [3.8, 4) is 0 Å². The fraction of sp³-hybridized carbons (Fsp3) is 0.476. The molecule has 0 saturated carbocycles. The topological polar surface area (TPSA) is 53.5 Å². The number of carbonyl (C=O) groups excluding carboxylic acids is 2. The zero-order chi connectivity index (χ0) is 18.4. The molecule has 1 aromatic carbocycles. The van der Waals surface area contributed by atoms with E-state index in [0.29, 0.717) is 25.4 Å². The Morgan fingerprint density at radius 3 is 2.56 bits per heavy atom. The molecule has 0 N–H and O–H groups in total. The van der Waals surface area contributed by atoms with Crippen molar-refractivity contribution >= 4 is 33.4 Å². The zero-order valence-corrected chi connectivity index (χ0v) is 16.0. The van der Waals surface area contributed by atoms with Crippen molar-refractivity contribution in [3.05, 3.63) is 41.4 Å². The molecule has 27 heavy (non-hydrogen) atoms. The molecule has 3 aliphatic rings. The Labute approximate surface area is 162 Å². The summed E-state index contributed by atoms with van der Waals surface area (Å²) in [6.07, 6.45) is 7.69. The minimum Gasteiger partial charge on any atom is -0.285 e. The zero-order valence-electron chi connectivity index (χ0n) is 15.2. The molecule has 2 fully saturated rings. The van der Waals surface area contributed by atoms with E-state index in [1.165, 1.54) is 14.6 Å². The first-order chi connectivity index (χ1) is 13.2. The van der Waals surface area contributed by atoms with Gasteiger partial charge in [-0.15, -0.1) is 11.3 Å². The van der Waals surface area contributed by atoms with Crippen LogP contribution in [0.15, 0.2) is 36.4 Å². The molecule has 0 radical (unpaired) electrons. The number of likely N-dealkylation sites (tertiary alicyclic amines) is 2. The minimum atomic E-state index is -0.132. The van der Waals surface area contributed by atoms with Crippen LogP contribution in [-0.4, -0.2) is 46.4 Å². The number of allylic oxidation sites excluding steroid dienone is 2. The largest absolute Gasteiger partial charge is 0.285 e. The Morgan fingerprint density at radius 1 is 1.07 bits per heavy atom. The summed E-state index contributed by atoms with van der Waals surface area (Å²) >= 11 is 1.77. The Morgan fingerprint density at radius 2 is 1.81 bits per heavy atom. The van der Waals surface area contributed by atoms with Gasteiger partial charge in [0.25, 0.3) is 0 Å². The number of thiazole rings is 1. The third-order valence-electron chi connectivity index (χ3n) is 6.11. The Kier molecular flexibility index (Phi) is 4.32. The number of hydrogen-bond donors (Lipinski definition) is 0. The number of aromatic nitrogens is 1. The lowest BCUT2D eigenvalue weighted by atomic mass is 9.85. The molecule has 0 unspecified atom stereocenters. The van der Waals surface area contributed by atoms with E-state index in [0.717, 1.165) is 31.4 Å². The third-order valence-corrected chi connectivity index (χ3v) is 7.30. The molecule has 5 rings (SSSR count). The van der Waals surface area contributed by atoms with E-state index >= 15 is 0 Å². The van der Waals surface area contributed by atoms with Crippen LogP contribution in [0.1, 0.15) is 36.6 Å². The molecule has 0 spiro atoms. The number of hydrogen-bond acceptors (Lipinski definition) is 5. The van der Waals surface area contributed by atoms with Crippen molar-refractivity contribution in [2.45, 2.75) is 31.6 Å². The molecule has 2 amide bonds. The van der Waals surface area contributed by atoms with E-state index in [1.807, 2.05) is 18.2 Å². The van der Waals surface area contributed by atoms with Crippen LogP contribution >= 0.6 is 11.3 Å². The second kappa shape index (κ2) is 6.84. The van der Waals surface area contributed by atoms with Gasteiger partial charge >= 0.3 is 0 Å². The maximum Gasteiger partial charge on any atom is 0.234 e. The van der Waals surface area contributed by atoms with Crippen molar-refractivity contribution in [1.29, 1.82) is 0 Å². The van der Waals surface area contributed by atoms with Crippen molar-refractivity contribution in [2.24, 2.45) is 11.8 Å². The van der Waals surface area contributed by atoms with Gasteiger partial charge in [0.05, 0.1) is 33.7 Å². The van der Waals surface area contributed by atoms with Crippen LogP contribution in [0, 0.1) is 11.8 Å². The number of carbonyl (C=O) groups is 2. The van der Waals surface area contributed by atoms with Crippen molar-refractivity contribution < 1.29 is 9.59 Å². The van der Waals surface area contributed by atoms with Crippen LogP contribution in [-0.2, 0) is 9.59 Å². The number of amides is 2. The van der Waals surface area contributed by atoms with E-state index < -0.39 is 0 Å². The summed E-state index contributed by atoms with van der Waals surface area (Å²) in [5.41, 5.74) is 1.07. The molecule has 1 aromatic heterocycles. The molecule has 6 heteroatoms. The third kappa shape index (κ3) is 3.01. The number of piperidine rings is 1. The minimum absolute atomic E-state index is 0.0245. The lowest BCUT2D eigenvalue weighted by Gasteiger charge is -2.34. The van der Waals surface area contributed by atoms with Crippen LogP contribution in [0.5, 0.6) is 0 Å². The molecule has 0 bridgehead atoms. The number of fused-ring (bicyclic) bond motifs is 2. The van der Waals surface area contributed by atoms with E-state index in [-0.39, 0.29) is 23.7 Å². The van der Waals surface area contributed by atoms with Gasteiger partial charge in [-0.3, -0.25) is 19.4 Å². The maximum atomic E-state index is 12.7. The van der Waals surface area contributed by atoms with Crippen LogP contribution in [0.3, 0.4) is 0 Å². The first-order valence-electron chi connectivity index (χ1n) is 9.79. The summed E-state index contributed by atoms with van der Waals surface area (Å²) in [5, 5.41) is 1.18. The summed E-state index contributed by atoms with van der Waals surface area (Å²) in [6, 6.07) is 8.26. The highest BCUT2D eigenvalue weighted by atomic mass is 32.1. The normalized spacial score (nSPS) is 28.9. The van der Waals surface area contributed by atoms with E-state index in [1.54, 1.807) is 11.3 Å². The van der Waals surface area contributed by atoms with Gasteiger partial charge in [0, 0.05) is 12.5 Å². The van der Waals surface area contributed by atoms with E-state index in [9.17, 15) is 9.59 Å². The van der Waals surface area contributed by atoms with Crippen molar-refractivity contribution in [2.75, 3.05) is 19.8 Å². The SMILES string of the molecule is O=C1[C@H]2CC=CC[C@H]2C(=O)N1CN1CCC[C@@H](c2nc3ccccc3s2)C1. The lowest BCUT2D eigenvalue weighted by molar-refractivity contribution is -0.142. The smallest absolute Gasteiger partial charge is 0.234 e. The van der Waals surface area contributed by atoms with Gasteiger partial charge < -0.3 is 0 Å². The number of para-hydroxylation sites is 1. The van der Waals surface area contributed by atoms with Gasteiger partial charge in [-0.2, -0.15) is 0 Å². The molecule has 2 saturated heterocycles. The average Bonchev–Trinajstić information content (AvgIpc) is 3.24. The first-order valence-corrected chi connectivity index (χ1v) is 10.6. The fourth-order valence-electron chi connectivity index (χ4n) is 4.66. The molecule has 2 aliphatic heterocycles. The van der Waals surface area contributed by atoms with Gasteiger partial charge in [-0.05, 0) is 44.4 Å². The molecule has 2 aromatic rings. The predicted molar refractivity (Wildman–Crippen MR) is 105 cm³/mol. The monoisotopic (exact) mass is 381 g/mol. The Bertz CT molecular complexity index is 862. The van der Waals surface area contributed by atoms with Crippen LogP contribution in [0.4, 0.5) is 0 Å². The van der Waals surface area contributed by atoms with Crippen LogP contribution in [0.25, 0.3) is 10.2 Å². The molecule has 5 nitrogen and oxygen atoms in total. The number of nitrogens with zero attached hydrogens (tertiary/aromatic N) is 3. The Balaban J connectivity index is 1.30.